The molecule has 4 atom stereocenters. The molecule has 0 amide bonds. The van der Waals surface area contributed by atoms with Gasteiger partial charge in [-0.1, -0.05) is 25.5 Å². The number of allylic oxidation sites excluding steroid dienone is 2. The fraction of sp³-hybridized carbons (Fsp3) is 0.448. The third kappa shape index (κ3) is 2.76. The van der Waals surface area contributed by atoms with Crippen molar-refractivity contribution in [2.75, 3.05) is 0 Å². The maximum atomic E-state index is 11.2. The van der Waals surface area contributed by atoms with Crippen molar-refractivity contribution in [3.05, 3.63) is 53.1 Å². The number of fused-ring (bicyclic) bond motifs is 3. The second kappa shape index (κ2) is 6.59. The lowest BCUT2D eigenvalue weighted by Gasteiger charge is -2.62. The molecule has 2 aliphatic carbocycles. The maximum absolute atomic E-state index is 11.2. The van der Waals surface area contributed by atoms with E-state index in [0.717, 1.165) is 34.4 Å². The maximum Gasteiger partial charge on any atom is 0.138 e. The van der Waals surface area contributed by atoms with Crippen LogP contribution in [0.3, 0.4) is 0 Å². The van der Waals surface area contributed by atoms with Crippen molar-refractivity contribution in [3.63, 3.8) is 0 Å². The Kier molecular flexibility index (Phi) is 4.13. The van der Waals surface area contributed by atoms with E-state index in [1.807, 2.05) is 18.2 Å². The standard InChI is InChI=1S/C29H32O4/c1-15(2)6-9-18-20(31)14-23-25(24(18)22-12-16-7-8-17(30)13-21(16)32-22)27-26-19(28(27,3)4)10-11-29(26,5)33-23/h6-8,12-14,19,26-27,30-31H,9-11H2,1-5H3/t19-,26+,27+,29+/m0/s1. The molecule has 3 aliphatic rings. The zero-order valence-corrected chi connectivity index (χ0v) is 20.0. The first-order valence-corrected chi connectivity index (χ1v) is 12.0. The molecule has 4 nitrogen and oxygen atoms in total. The van der Waals surface area contributed by atoms with Gasteiger partial charge in [-0.2, -0.15) is 0 Å². The van der Waals surface area contributed by atoms with Gasteiger partial charge in [0.1, 0.15) is 34.2 Å². The summed E-state index contributed by atoms with van der Waals surface area (Å²) in [6.45, 7) is 11.2. The highest BCUT2D eigenvalue weighted by atomic mass is 16.5. The Balaban J connectivity index is 1.65. The van der Waals surface area contributed by atoms with E-state index in [9.17, 15) is 10.2 Å². The first-order valence-electron chi connectivity index (χ1n) is 12.0. The van der Waals surface area contributed by atoms with E-state index in [4.69, 9.17) is 9.15 Å². The van der Waals surface area contributed by atoms with E-state index in [0.29, 0.717) is 29.8 Å². The van der Waals surface area contributed by atoms with Crippen molar-refractivity contribution in [1.29, 1.82) is 0 Å². The minimum Gasteiger partial charge on any atom is -0.508 e. The summed E-state index contributed by atoms with van der Waals surface area (Å²) in [6, 6.07) is 9.07. The van der Waals surface area contributed by atoms with Crippen LogP contribution in [0.1, 0.15) is 64.5 Å². The molecule has 0 spiro atoms. The molecule has 4 heteroatoms. The Hall–Kier alpha value is -2.88. The molecule has 2 saturated carbocycles. The Bertz CT molecular complexity index is 1320. The third-order valence-electron chi connectivity index (χ3n) is 8.74. The monoisotopic (exact) mass is 444 g/mol. The quantitative estimate of drug-likeness (QED) is 0.415. The number of benzene rings is 2. The highest BCUT2D eigenvalue weighted by Crippen LogP contribution is 2.74. The van der Waals surface area contributed by atoms with Gasteiger partial charge in [0.2, 0.25) is 0 Å². The molecule has 2 N–H and O–H groups in total. The Labute approximate surface area is 194 Å². The number of rotatable bonds is 3. The lowest BCUT2D eigenvalue weighted by molar-refractivity contribution is -0.120. The Morgan fingerprint density at radius 3 is 2.67 bits per heavy atom. The summed E-state index contributed by atoms with van der Waals surface area (Å²) in [5.41, 5.74) is 4.85. The van der Waals surface area contributed by atoms with Gasteiger partial charge in [-0.15, -0.1) is 0 Å². The highest BCUT2D eigenvalue weighted by molar-refractivity contribution is 5.87. The molecule has 0 saturated heterocycles. The van der Waals surface area contributed by atoms with Crippen LogP contribution in [0.15, 0.2) is 46.4 Å². The van der Waals surface area contributed by atoms with Crippen LogP contribution in [-0.4, -0.2) is 15.8 Å². The van der Waals surface area contributed by atoms with Crippen molar-refractivity contribution in [2.24, 2.45) is 17.3 Å². The fourth-order valence-corrected chi connectivity index (χ4v) is 7.16. The highest BCUT2D eigenvalue weighted by Gasteiger charge is 2.69. The van der Waals surface area contributed by atoms with Crippen LogP contribution in [-0.2, 0) is 6.42 Å². The second-order valence-electron chi connectivity index (χ2n) is 11.4. The minimum absolute atomic E-state index is 0.157. The SMILES string of the molecule is CC(C)=CCc1c(O)cc2c(c1-c1cc3ccc(O)cc3o1)[C@@H]1[C@H]3[C@H](CC[C@@]3(C)O2)C1(C)C. The summed E-state index contributed by atoms with van der Waals surface area (Å²) in [4.78, 5) is 0. The summed E-state index contributed by atoms with van der Waals surface area (Å²) < 4.78 is 13.0. The minimum atomic E-state index is -0.178. The topological polar surface area (TPSA) is 62.8 Å². The van der Waals surface area contributed by atoms with Gasteiger partial charge in [0, 0.05) is 46.0 Å². The number of phenolic OH excluding ortho intramolecular Hbond substituents is 2. The number of hydrogen-bond donors (Lipinski definition) is 2. The molecule has 0 radical (unpaired) electrons. The normalized spacial score (nSPS) is 28.6. The average Bonchev–Trinajstić information content (AvgIpc) is 3.29. The molecular formula is C29H32O4. The number of aromatic hydroxyl groups is 2. The average molecular weight is 445 g/mol. The van der Waals surface area contributed by atoms with Gasteiger partial charge in [0.05, 0.1) is 0 Å². The van der Waals surface area contributed by atoms with Crippen molar-refractivity contribution in [1.82, 2.24) is 0 Å². The molecule has 2 aromatic carbocycles. The van der Waals surface area contributed by atoms with E-state index < -0.39 is 0 Å². The van der Waals surface area contributed by atoms with Crippen molar-refractivity contribution in [2.45, 2.75) is 65.4 Å². The van der Waals surface area contributed by atoms with E-state index in [1.165, 1.54) is 17.6 Å². The first-order chi connectivity index (χ1) is 15.6. The predicted molar refractivity (Wildman–Crippen MR) is 130 cm³/mol. The Morgan fingerprint density at radius 1 is 1.12 bits per heavy atom. The molecule has 2 fully saturated rings. The summed E-state index contributed by atoms with van der Waals surface area (Å²) in [5, 5.41) is 22.1. The molecule has 1 aromatic heterocycles. The van der Waals surface area contributed by atoms with Crippen LogP contribution in [0, 0.1) is 17.3 Å². The van der Waals surface area contributed by atoms with Gasteiger partial charge >= 0.3 is 0 Å². The van der Waals surface area contributed by atoms with E-state index >= 15 is 0 Å². The zero-order valence-electron chi connectivity index (χ0n) is 20.0. The van der Waals surface area contributed by atoms with Crippen LogP contribution in [0.4, 0.5) is 0 Å². The number of ether oxygens (including phenoxy) is 1. The van der Waals surface area contributed by atoms with Crippen LogP contribution in [0.5, 0.6) is 17.2 Å². The van der Waals surface area contributed by atoms with Crippen molar-refractivity contribution < 1.29 is 19.4 Å². The second-order valence-corrected chi connectivity index (χ2v) is 11.4. The van der Waals surface area contributed by atoms with Crippen molar-refractivity contribution in [3.8, 4) is 28.6 Å². The summed E-state index contributed by atoms with van der Waals surface area (Å²) in [6.07, 6.45) is 5.02. The van der Waals surface area contributed by atoms with Crippen LogP contribution >= 0.6 is 0 Å². The molecular weight excluding hydrogens is 412 g/mol. The predicted octanol–water partition coefficient (Wildman–Crippen LogP) is 7.32. The van der Waals surface area contributed by atoms with Crippen LogP contribution in [0.25, 0.3) is 22.3 Å². The largest absolute Gasteiger partial charge is 0.508 e. The van der Waals surface area contributed by atoms with Gasteiger partial charge < -0.3 is 19.4 Å². The van der Waals surface area contributed by atoms with Crippen molar-refractivity contribution >= 4 is 11.0 Å². The molecule has 3 aromatic rings. The molecule has 33 heavy (non-hydrogen) atoms. The van der Waals surface area contributed by atoms with Crippen LogP contribution in [0.2, 0.25) is 0 Å². The van der Waals surface area contributed by atoms with E-state index in [-0.39, 0.29) is 22.5 Å². The smallest absolute Gasteiger partial charge is 0.138 e. The van der Waals surface area contributed by atoms with Gasteiger partial charge in [0.15, 0.2) is 0 Å². The third-order valence-corrected chi connectivity index (χ3v) is 8.74. The molecule has 0 unspecified atom stereocenters. The lowest BCUT2D eigenvalue weighted by Crippen LogP contribution is -2.59. The number of hydrogen-bond acceptors (Lipinski definition) is 4. The lowest BCUT2D eigenvalue weighted by atomic mass is 9.44. The molecule has 2 heterocycles. The molecule has 6 rings (SSSR count). The van der Waals surface area contributed by atoms with Gasteiger partial charge in [-0.25, -0.2) is 0 Å². The summed E-state index contributed by atoms with van der Waals surface area (Å²) >= 11 is 0. The Morgan fingerprint density at radius 2 is 1.91 bits per heavy atom. The van der Waals surface area contributed by atoms with Gasteiger partial charge in [-0.05, 0) is 69.6 Å². The fourth-order valence-electron chi connectivity index (χ4n) is 7.16. The number of furan rings is 1. The molecule has 0 bridgehead atoms. The van der Waals surface area contributed by atoms with E-state index in [2.05, 4.69) is 40.7 Å². The molecule has 172 valence electrons. The number of phenols is 2. The molecule has 1 aliphatic heterocycles. The zero-order chi connectivity index (χ0) is 23.3. The summed E-state index contributed by atoms with van der Waals surface area (Å²) in [5.74, 6) is 3.43. The first kappa shape index (κ1) is 20.7. The summed E-state index contributed by atoms with van der Waals surface area (Å²) in [7, 11) is 0. The van der Waals surface area contributed by atoms with Gasteiger partial charge in [-0.3, -0.25) is 0 Å². The van der Waals surface area contributed by atoms with E-state index in [1.54, 1.807) is 12.1 Å². The van der Waals surface area contributed by atoms with Gasteiger partial charge in [0.25, 0.3) is 0 Å². The van der Waals surface area contributed by atoms with Crippen LogP contribution < -0.4 is 4.74 Å².